The second-order valence-electron chi connectivity index (χ2n) is 14.3. The van der Waals surface area contributed by atoms with Gasteiger partial charge in [0, 0.05) is 70.0 Å². The Bertz CT molecular complexity index is 1480. The highest BCUT2D eigenvalue weighted by Gasteiger charge is 2.40. The summed E-state index contributed by atoms with van der Waals surface area (Å²) in [5.74, 6) is 0.0229. The molecule has 3 saturated heterocycles. The average Bonchev–Trinajstić information content (AvgIpc) is 3.41. The average molecular weight is 662 g/mol. The topological polar surface area (TPSA) is 126 Å². The summed E-state index contributed by atoms with van der Waals surface area (Å²) in [6.45, 7) is 9.85. The number of aromatic hydroxyl groups is 1. The van der Waals surface area contributed by atoms with E-state index in [1.807, 2.05) is 67.0 Å². The quantitative estimate of drug-likeness (QED) is 0.401. The predicted octanol–water partition coefficient (Wildman–Crippen LogP) is 4.45. The zero-order valence-corrected chi connectivity index (χ0v) is 28.6. The number of piperidine rings is 2. The highest BCUT2D eigenvalue weighted by molar-refractivity contribution is 5.91. The summed E-state index contributed by atoms with van der Waals surface area (Å²) in [7, 11) is 0. The van der Waals surface area contributed by atoms with E-state index in [-0.39, 0.29) is 30.2 Å². The van der Waals surface area contributed by atoms with Gasteiger partial charge < -0.3 is 35.0 Å². The van der Waals surface area contributed by atoms with Crippen molar-refractivity contribution in [1.82, 2.24) is 19.6 Å². The summed E-state index contributed by atoms with van der Waals surface area (Å²) in [6, 6.07) is 11.8. The van der Waals surface area contributed by atoms with E-state index in [0.717, 1.165) is 55.5 Å². The number of nitrogens with one attached hydrogen (secondary N) is 1. The Morgan fingerprint density at radius 1 is 0.958 bits per heavy atom. The third-order valence-electron chi connectivity index (χ3n) is 11.1. The van der Waals surface area contributed by atoms with Gasteiger partial charge in [0.15, 0.2) is 6.10 Å². The molecule has 6 rings (SSSR count). The van der Waals surface area contributed by atoms with Crippen LogP contribution in [0.25, 0.3) is 0 Å². The monoisotopic (exact) mass is 661 g/mol. The van der Waals surface area contributed by atoms with Gasteiger partial charge in [-0.05, 0) is 87.1 Å². The third-order valence-corrected chi connectivity index (χ3v) is 11.1. The van der Waals surface area contributed by atoms with Crippen LogP contribution in [-0.4, -0.2) is 117 Å². The summed E-state index contributed by atoms with van der Waals surface area (Å²) >= 11 is 0. The number of amides is 4. The summed E-state index contributed by atoms with van der Waals surface area (Å²) in [6.07, 6.45) is 3.88. The first kappa shape index (κ1) is 34.0. The third kappa shape index (κ3) is 7.42. The van der Waals surface area contributed by atoms with Crippen molar-refractivity contribution in [2.45, 2.75) is 95.9 Å². The first-order valence-corrected chi connectivity index (χ1v) is 17.7. The number of nitrogens with zero attached hydrogens (tertiary/aromatic N) is 4. The second-order valence-corrected chi connectivity index (χ2v) is 14.3. The maximum Gasteiger partial charge on any atom is 0.410 e. The molecule has 3 N–H and O–H groups in total. The molecule has 4 heterocycles. The van der Waals surface area contributed by atoms with Gasteiger partial charge in [0.2, 0.25) is 0 Å². The normalized spacial score (nSPS) is 23.4. The van der Waals surface area contributed by atoms with Gasteiger partial charge in [0.25, 0.3) is 5.91 Å². The van der Waals surface area contributed by atoms with Gasteiger partial charge in [-0.3, -0.25) is 9.69 Å². The summed E-state index contributed by atoms with van der Waals surface area (Å²) < 4.78 is 6.05. The van der Waals surface area contributed by atoms with E-state index in [1.54, 1.807) is 4.90 Å². The van der Waals surface area contributed by atoms with Crippen LogP contribution in [0.15, 0.2) is 36.4 Å². The number of aliphatic hydroxyl groups is 1. The summed E-state index contributed by atoms with van der Waals surface area (Å²) in [5, 5.41) is 24.1. The molecule has 260 valence electrons. The molecule has 11 heteroatoms. The Kier molecular flexibility index (Phi) is 10.2. The number of aryl methyl sites for hydroxylation is 2. The van der Waals surface area contributed by atoms with Gasteiger partial charge >= 0.3 is 12.1 Å². The van der Waals surface area contributed by atoms with Crippen LogP contribution < -0.4 is 5.32 Å². The lowest BCUT2D eigenvalue weighted by Gasteiger charge is -2.39. The lowest BCUT2D eigenvalue weighted by atomic mass is 9.98. The highest BCUT2D eigenvalue weighted by atomic mass is 16.6. The number of β-amino-alcohol motifs (C(OH)–C–C–N with tert-alkyl or cyclic N) is 1. The molecule has 4 aliphatic rings. The number of hydrogen-bond donors (Lipinski definition) is 3. The van der Waals surface area contributed by atoms with Crippen LogP contribution in [0.4, 0.5) is 15.3 Å². The Morgan fingerprint density at radius 3 is 2.27 bits per heavy atom. The Labute approximate surface area is 283 Å². The summed E-state index contributed by atoms with van der Waals surface area (Å²) in [5.41, 5.74) is 3.60. The molecule has 0 aromatic heterocycles. The maximum absolute atomic E-state index is 14.0. The lowest BCUT2D eigenvalue weighted by Crippen LogP contribution is -2.52. The van der Waals surface area contributed by atoms with Crippen LogP contribution in [0, 0.1) is 13.8 Å². The van der Waals surface area contributed by atoms with Crippen LogP contribution in [-0.2, 0) is 22.4 Å². The minimum atomic E-state index is -0.998. The molecule has 4 amide bonds. The van der Waals surface area contributed by atoms with Crippen molar-refractivity contribution in [3.63, 3.8) is 0 Å². The number of anilines is 1. The van der Waals surface area contributed by atoms with Gasteiger partial charge in [0.05, 0.1) is 5.60 Å². The van der Waals surface area contributed by atoms with E-state index < -0.39 is 17.8 Å². The molecule has 11 nitrogen and oxygen atoms in total. The number of fused-ring (bicyclic) bond motifs is 1. The molecule has 0 radical (unpaired) electrons. The number of ether oxygens (including phenoxy) is 1. The van der Waals surface area contributed by atoms with Gasteiger partial charge in [-0.2, -0.15) is 0 Å². The molecule has 2 atom stereocenters. The fraction of sp³-hybridized carbons (Fsp3) is 0.595. The second kappa shape index (κ2) is 14.3. The first-order chi connectivity index (χ1) is 23.0. The largest absolute Gasteiger partial charge is 0.507 e. The van der Waals surface area contributed by atoms with Crippen LogP contribution in [0.5, 0.6) is 5.75 Å². The van der Waals surface area contributed by atoms with E-state index in [1.165, 1.54) is 0 Å². The van der Waals surface area contributed by atoms with Crippen molar-refractivity contribution < 1.29 is 29.3 Å². The lowest BCUT2D eigenvalue weighted by molar-refractivity contribution is -0.142. The van der Waals surface area contributed by atoms with Crippen molar-refractivity contribution >= 4 is 23.7 Å². The molecule has 4 aliphatic heterocycles. The van der Waals surface area contributed by atoms with Crippen LogP contribution in [0.2, 0.25) is 0 Å². The van der Waals surface area contributed by atoms with E-state index >= 15 is 0 Å². The SMILES string of the molecule is CCC1(O)CCN(C2CCN(C(=O)[C@@H](Cc3cc(C)c(O)c(C)c3)OC(=O)N3CCC(N4CCc5ccccc5NC4=O)CC3)CC2)C1. The van der Waals surface area contributed by atoms with Crippen molar-refractivity contribution in [3.8, 4) is 5.75 Å². The van der Waals surface area contributed by atoms with E-state index in [4.69, 9.17) is 4.74 Å². The molecule has 48 heavy (non-hydrogen) atoms. The standard InChI is InChI=1S/C37H51N5O6/c1-4-37(47)14-20-41(24-37)29-10-15-39(16-11-29)34(44)32(23-27-21-25(2)33(43)26(3)22-27)48-36(46)40-17-12-30(13-18-40)42-19-9-28-7-5-6-8-31(28)38-35(42)45/h5-8,21-22,29-30,32,43,47H,4,9-20,23-24H2,1-3H3,(H,38,45)/t32-,37?/m1/s1. The molecule has 0 aliphatic carbocycles. The molecular weight excluding hydrogens is 610 g/mol. The van der Waals surface area contributed by atoms with Crippen molar-refractivity contribution in [2.75, 3.05) is 51.1 Å². The fourth-order valence-electron chi connectivity index (χ4n) is 7.99. The fourth-order valence-corrected chi connectivity index (χ4v) is 7.99. The summed E-state index contributed by atoms with van der Waals surface area (Å²) in [4.78, 5) is 48.4. The minimum absolute atomic E-state index is 0.00830. The number of likely N-dealkylation sites (tertiary alicyclic amines) is 3. The molecule has 0 bridgehead atoms. The number of urea groups is 1. The molecule has 3 fully saturated rings. The van der Waals surface area contributed by atoms with Gasteiger partial charge in [0.1, 0.15) is 5.75 Å². The predicted molar refractivity (Wildman–Crippen MR) is 183 cm³/mol. The van der Waals surface area contributed by atoms with Gasteiger partial charge in [-0.25, -0.2) is 9.59 Å². The maximum atomic E-state index is 14.0. The van der Waals surface area contributed by atoms with Crippen LogP contribution in [0.3, 0.4) is 0 Å². The van der Waals surface area contributed by atoms with E-state index in [0.29, 0.717) is 69.3 Å². The smallest absolute Gasteiger partial charge is 0.410 e. The van der Waals surface area contributed by atoms with Gasteiger partial charge in [-0.1, -0.05) is 37.3 Å². The number of hydrogen-bond acceptors (Lipinski definition) is 7. The molecule has 0 spiro atoms. The number of benzene rings is 2. The Hall–Kier alpha value is -3.83. The first-order valence-electron chi connectivity index (χ1n) is 17.7. The number of carbonyl (C=O) groups excluding carboxylic acids is 3. The minimum Gasteiger partial charge on any atom is -0.507 e. The number of para-hydroxylation sites is 1. The van der Waals surface area contributed by atoms with E-state index in [9.17, 15) is 24.6 Å². The number of rotatable bonds is 7. The number of carbonyl (C=O) groups is 3. The molecule has 1 unspecified atom stereocenters. The van der Waals surface area contributed by atoms with Crippen molar-refractivity contribution in [1.29, 1.82) is 0 Å². The highest BCUT2D eigenvalue weighted by Crippen LogP contribution is 2.31. The van der Waals surface area contributed by atoms with Crippen molar-refractivity contribution in [2.24, 2.45) is 0 Å². The number of phenolic OH excluding ortho intramolecular Hbond substituents is 1. The Balaban J connectivity index is 1.08. The zero-order chi connectivity index (χ0) is 34.0. The van der Waals surface area contributed by atoms with E-state index in [2.05, 4.69) is 10.2 Å². The van der Waals surface area contributed by atoms with Crippen molar-refractivity contribution in [3.05, 3.63) is 58.7 Å². The zero-order valence-electron chi connectivity index (χ0n) is 28.6. The molecular formula is C37H51N5O6. The van der Waals surface area contributed by atoms with Crippen LogP contribution >= 0.6 is 0 Å². The molecule has 0 saturated carbocycles. The molecule has 2 aromatic carbocycles. The van der Waals surface area contributed by atoms with Gasteiger partial charge in [-0.15, -0.1) is 0 Å². The van der Waals surface area contributed by atoms with Crippen LogP contribution in [0.1, 0.15) is 67.7 Å². The number of phenols is 1. The Morgan fingerprint density at radius 2 is 1.60 bits per heavy atom. The molecule has 2 aromatic rings.